The van der Waals surface area contributed by atoms with Crippen molar-refractivity contribution >= 4 is 27.6 Å². The molecule has 10 nitrogen and oxygen atoms in total. The van der Waals surface area contributed by atoms with Gasteiger partial charge >= 0.3 is 0 Å². The largest absolute Gasteiger partial charge is 0.497 e. The van der Waals surface area contributed by atoms with Gasteiger partial charge in [-0.25, -0.2) is 23.1 Å². The molecule has 0 aliphatic carbocycles. The Morgan fingerprint density at radius 1 is 0.941 bits per heavy atom. The number of nitrogens with one attached hydrogen (secondary N) is 3. The number of methoxy groups -OCH3 is 1. The summed E-state index contributed by atoms with van der Waals surface area (Å²) in [7, 11) is -2.30. The highest BCUT2D eigenvalue weighted by molar-refractivity contribution is 7.92. The summed E-state index contributed by atoms with van der Waals surface area (Å²) in [4.78, 5) is 20.8. The van der Waals surface area contributed by atoms with Crippen molar-refractivity contribution in [2.45, 2.75) is 18.7 Å². The van der Waals surface area contributed by atoms with E-state index >= 15 is 0 Å². The second kappa shape index (κ2) is 9.32. The van der Waals surface area contributed by atoms with Crippen LogP contribution in [-0.2, 0) is 10.0 Å². The molecule has 2 aromatic carbocycles. The summed E-state index contributed by atoms with van der Waals surface area (Å²) in [5.41, 5.74) is 3.41. The zero-order valence-electron chi connectivity index (χ0n) is 18.7. The molecule has 174 valence electrons. The molecule has 4 aromatic rings. The van der Waals surface area contributed by atoms with Crippen LogP contribution in [0.2, 0.25) is 0 Å². The molecule has 0 fully saturated rings. The number of rotatable bonds is 7. The molecule has 4 rings (SSSR count). The van der Waals surface area contributed by atoms with Gasteiger partial charge in [0.15, 0.2) is 0 Å². The third-order valence-corrected chi connectivity index (χ3v) is 6.18. The lowest BCUT2D eigenvalue weighted by Gasteiger charge is -2.09. The molecule has 0 saturated carbocycles. The quantitative estimate of drug-likeness (QED) is 0.369. The maximum atomic E-state index is 12.7. The molecular formula is C23H22N6O4S. The fraction of sp³-hybridized carbons (Fsp3) is 0.130. The first-order chi connectivity index (χ1) is 16.2. The smallest absolute Gasteiger partial charge is 0.273 e. The van der Waals surface area contributed by atoms with Crippen LogP contribution in [0.4, 0.5) is 11.6 Å². The molecule has 0 saturated heterocycles. The standard InChI is InChI=1S/C23H22N6O4S/c1-14-12-15(2)25-23(24-14)29-34(31,32)19-10-6-17(7-11-19)26-22(30)21-13-20(27-28-21)16-4-8-18(33-3)9-5-16/h4-13H,1-3H3,(H,26,30)(H,27,28)(H,24,25,29). The van der Waals surface area contributed by atoms with Crippen molar-refractivity contribution in [3.63, 3.8) is 0 Å². The number of sulfonamides is 1. The van der Waals surface area contributed by atoms with Gasteiger partial charge in [-0.2, -0.15) is 5.10 Å². The summed E-state index contributed by atoms with van der Waals surface area (Å²) in [5.74, 6) is 0.311. The molecule has 0 aliphatic heterocycles. The number of aryl methyl sites for hydroxylation is 2. The predicted molar refractivity (Wildman–Crippen MR) is 127 cm³/mol. The van der Waals surface area contributed by atoms with Gasteiger partial charge in [-0.1, -0.05) is 0 Å². The number of hydrogen-bond acceptors (Lipinski definition) is 7. The molecule has 1 amide bonds. The van der Waals surface area contributed by atoms with E-state index in [0.717, 1.165) is 11.3 Å². The van der Waals surface area contributed by atoms with Crippen molar-refractivity contribution in [2.24, 2.45) is 0 Å². The summed E-state index contributed by atoms with van der Waals surface area (Å²) in [6.45, 7) is 3.51. The topological polar surface area (TPSA) is 139 Å². The van der Waals surface area contributed by atoms with Gasteiger partial charge in [0.25, 0.3) is 15.9 Å². The van der Waals surface area contributed by atoms with Crippen molar-refractivity contribution < 1.29 is 17.9 Å². The highest BCUT2D eigenvalue weighted by atomic mass is 32.2. The van der Waals surface area contributed by atoms with Gasteiger partial charge in [0.2, 0.25) is 5.95 Å². The monoisotopic (exact) mass is 478 g/mol. The SMILES string of the molecule is COc1ccc(-c2cc(C(=O)Nc3ccc(S(=O)(=O)Nc4nc(C)cc(C)n4)cc3)[nH]n2)cc1. The summed E-state index contributed by atoms with van der Waals surface area (Å²) in [5, 5.41) is 9.60. The van der Waals surface area contributed by atoms with E-state index in [1.807, 2.05) is 12.1 Å². The highest BCUT2D eigenvalue weighted by Crippen LogP contribution is 2.22. The van der Waals surface area contributed by atoms with Gasteiger partial charge in [-0.05, 0) is 74.5 Å². The minimum atomic E-state index is -3.89. The van der Waals surface area contributed by atoms with Crippen LogP contribution < -0.4 is 14.8 Å². The third-order valence-electron chi connectivity index (χ3n) is 4.84. The number of aromatic amines is 1. The van der Waals surface area contributed by atoms with Crippen molar-refractivity contribution in [1.82, 2.24) is 20.2 Å². The second-order valence-electron chi connectivity index (χ2n) is 7.45. The van der Waals surface area contributed by atoms with Crippen LogP contribution in [-0.4, -0.2) is 41.6 Å². The van der Waals surface area contributed by atoms with Crippen LogP contribution in [0.5, 0.6) is 5.75 Å². The number of nitrogens with zero attached hydrogens (tertiary/aromatic N) is 3. The molecule has 3 N–H and O–H groups in total. The Labute approximate surface area is 196 Å². The van der Waals surface area contributed by atoms with Crippen LogP contribution in [0.25, 0.3) is 11.3 Å². The van der Waals surface area contributed by atoms with Gasteiger partial charge in [0.1, 0.15) is 11.4 Å². The van der Waals surface area contributed by atoms with Gasteiger partial charge in [0.05, 0.1) is 17.7 Å². The Bertz CT molecular complexity index is 1410. The minimum Gasteiger partial charge on any atom is -0.497 e. The Morgan fingerprint density at radius 3 is 2.21 bits per heavy atom. The first kappa shape index (κ1) is 22.9. The molecular weight excluding hydrogens is 456 g/mol. The van der Waals surface area contributed by atoms with E-state index in [1.165, 1.54) is 24.3 Å². The molecule has 34 heavy (non-hydrogen) atoms. The first-order valence-electron chi connectivity index (χ1n) is 10.2. The number of H-pyrrole nitrogens is 1. The molecule has 0 radical (unpaired) electrons. The number of anilines is 2. The number of benzene rings is 2. The van der Waals surface area contributed by atoms with E-state index in [9.17, 15) is 13.2 Å². The molecule has 0 bridgehead atoms. The van der Waals surface area contributed by atoms with Crippen LogP contribution in [0.15, 0.2) is 65.6 Å². The number of aromatic nitrogens is 4. The molecule has 0 atom stereocenters. The van der Waals surface area contributed by atoms with Crippen LogP contribution in [0.3, 0.4) is 0 Å². The zero-order valence-corrected chi connectivity index (χ0v) is 19.5. The Balaban J connectivity index is 1.44. The molecule has 0 aliphatic rings. The Kier molecular flexibility index (Phi) is 6.28. The van der Waals surface area contributed by atoms with Gasteiger partial charge < -0.3 is 10.1 Å². The van der Waals surface area contributed by atoms with E-state index in [-0.39, 0.29) is 16.5 Å². The normalized spacial score (nSPS) is 11.1. The van der Waals surface area contributed by atoms with Gasteiger partial charge in [-0.15, -0.1) is 0 Å². The summed E-state index contributed by atoms with van der Waals surface area (Å²) < 4.78 is 32.8. The van der Waals surface area contributed by atoms with Crippen molar-refractivity contribution in [2.75, 3.05) is 17.1 Å². The molecule has 0 unspecified atom stereocenters. The average molecular weight is 479 g/mol. The molecule has 2 aromatic heterocycles. The Morgan fingerprint density at radius 2 is 1.59 bits per heavy atom. The van der Waals surface area contributed by atoms with Crippen LogP contribution in [0, 0.1) is 13.8 Å². The van der Waals surface area contributed by atoms with Crippen LogP contribution in [0.1, 0.15) is 21.9 Å². The third kappa shape index (κ3) is 5.21. The van der Waals surface area contributed by atoms with Crippen LogP contribution >= 0.6 is 0 Å². The van der Waals surface area contributed by atoms with Crippen molar-refractivity contribution in [3.8, 4) is 17.0 Å². The molecule has 11 heteroatoms. The maximum Gasteiger partial charge on any atom is 0.273 e. The number of hydrogen-bond donors (Lipinski definition) is 3. The minimum absolute atomic E-state index is 0.00166. The van der Waals surface area contributed by atoms with E-state index < -0.39 is 15.9 Å². The second-order valence-corrected chi connectivity index (χ2v) is 9.14. The number of ether oxygens (including phenoxy) is 1. The van der Waals surface area contributed by atoms with Gasteiger partial charge in [-0.3, -0.25) is 9.89 Å². The van der Waals surface area contributed by atoms with Crippen molar-refractivity contribution in [1.29, 1.82) is 0 Å². The van der Waals surface area contributed by atoms with Gasteiger partial charge in [0, 0.05) is 22.6 Å². The Hall–Kier alpha value is -4.25. The maximum absolute atomic E-state index is 12.7. The lowest BCUT2D eigenvalue weighted by molar-refractivity contribution is 0.102. The fourth-order valence-electron chi connectivity index (χ4n) is 3.21. The number of carbonyl (C=O) groups excluding carboxylic acids is 1. The lowest BCUT2D eigenvalue weighted by Crippen LogP contribution is -2.16. The summed E-state index contributed by atoms with van der Waals surface area (Å²) >= 11 is 0. The zero-order chi connectivity index (χ0) is 24.3. The lowest BCUT2D eigenvalue weighted by atomic mass is 10.1. The number of carbonyl (C=O) groups is 1. The molecule has 0 spiro atoms. The summed E-state index contributed by atoms with van der Waals surface area (Å²) in [6, 6.07) is 16.4. The van der Waals surface area contributed by atoms with E-state index in [2.05, 4.69) is 30.2 Å². The summed E-state index contributed by atoms with van der Waals surface area (Å²) in [6.07, 6.45) is 0. The molecule has 2 heterocycles. The van der Waals surface area contributed by atoms with Crippen molar-refractivity contribution in [3.05, 3.63) is 77.7 Å². The van der Waals surface area contributed by atoms with E-state index in [1.54, 1.807) is 45.2 Å². The average Bonchev–Trinajstić information content (AvgIpc) is 3.29. The fourth-order valence-corrected chi connectivity index (χ4v) is 4.16. The van der Waals surface area contributed by atoms with E-state index in [0.29, 0.717) is 22.8 Å². The number of amides is 1. The predicted octanol–water partition coefficient (Wildman–Crippen LogP) is 3.55. The first-order valence-corrected chi connectivity index (χ1v) is 11.7. The van der Waals surface area contributed by atoms with E-state index in [4.69, 9.17) is 4.74 Å². The highest BCUT2D eigenvalue weighted by Gasteiger charge is 2.17.